The summed E-state index contributed by atoms with van der Waals surface area (Å²) >= 11 is 0. The summed E-state index contributed by atoms with van der Waals surface area (Å²) in [5.41, 5.74) is 0. The van der Waals surface area contributed by atoms with E-state index in [4.69, 9.17) is 14.2 Å². The van der Waals surface area contributed by atoms with Gasteiger partial charge in [-0.05, 0) is 83.5 Å². The minimum atomic E-state index is -0.807. The highest BCUT2D eigenvalue weighted by atomic mass is 16.6. The topological polar surface area (TPSA) is 78.9 Å². The third-order valence-electron chi connectivity index (χ3n) is 10.2. The van der Waals surface area contributed by atoms with Gasteiger partial charge in [-0.1, -0.05) is 214 Å². The Morgan fingerprint density at radius 1 is 0.339 bits per heavy atom. The second-order valence-electron chi connectivity index (χ2n) is 16.1. The van der Waals surface area contributed by atoms with Gasteiger partial charge in [0.15, 0.2) is 6.10 Å². The quantitative estimate of drug-likeness (QED) is 0.0263. The smallest absolute Gasteiger partial charge is 0.306 e. The van der Waals surface area contributed by atoms with E-state index in [1.54, 1.807) is 0 Å². The van der Waals surface area contributed by atoms with Gasteiger partial charge in [0.2, 0.25) is 0 Å². The van der Waals surface area contributed by atoms with Crippen molar-refractivity contribution >= 4 is 17.9 Å². The number of hydrogen-bond donors (Lipinski definition) is 0. The number of esters is 3. The number of carbonyl (C=O) groups excluding carboxylic acids is 3. The first kappa shape index (κ1) is 58.1. The number of allylic oxidation sites excluding steroid dienone is 18. The molecule has 0 aromatic heterocycles. The molecule has 350 valence electrons. The maximum Gasteiger partial charge on any atom is 0.306 e. The molecule has 0 aromatic carbocycles. The van der Waals surface area contributed by atoms with E-state index in [-0.39, 0.29) is 31.1 Å². The molecule has 0 aliphatic heterocycles. The fourth-order valence-electron chi connectivity index (χ4n) is 6.44. The Bertz CT molecular complexity index is 1310. The second-order valence-corrected chi connectivity index (χ2v) is 16.1. The Kier molecular flexibility index (Phi) is 46.6. The standard InChI is InChI=1S/C56H90O6/c1-4-7-10-13-16-19-22-25-26-27-28-29-32-34-37-40-43-46-49-55(58)61-52-53(62-56(59)50-47-44-41-38-35-31-24-21-18-15-12-9-6-3)51-60-54(57)48-45-42-39-36-33-30-23-20-17-14-11-8-5-2/h8-9,11-12,14-15,17-18,20-29,53H,4-7,10,13,16,19,30-52H2,1-3H3/b11-8-,12-9-,17-14-,18-15-,23-20-,24-21-,25-22-,27-26-,29-28-. The van der Waals surface area contributed by atoms with Crippen LogP contribution in [-0.4, -0.2) is 37.2 Å². The molecule has 0 saturated carbocycles. The summed E-state index contributed by atoms with van der Waals surface area (Å²) in [4.78, 5) is 37.9. The Morgan fingerprint density at radius 2 is 0.629 bits per heavy atom. The summed E-state index contributed by atoms with van der Waals surface area (Å²) in [5.74, 6) is -0.974. The fourth-order valence-corrected chi connectivity index (χ4v) is 6.44. The molecule has 0 bridgehead atoms. The molecule has 0 fully saturated rings. The molecule has 0 aliphatic rings. The molecule has 0 rings (SSSR count). The fraction of sp³-hybridized carbons (Fsp3) is 0.625. The van der Waals surface area contributed by atoms with Crippen LogP contribution in [0.4, 0.5) is 0 Å². The molecule has 0 amide bonds. The molecule has 62 heavy (non-hydrogen) atoms. The van der Waals surface area contributed by atoms with Crippen molar-refractivity contribution < 1.29 is 28.6 Å². The van der Waals surface area contributed by atoms with Crippen molar-refractivity contribution in [3.05, 3.63) is 109 Å². The van der Waals surface area contributed by atoms with Crippen LogP contribution in [0.2, 0.25) is 0 Å². The van der Waals surface area contributed by atoms with Crippen molar-refractivity contribution in [1.29, 1.82) is 0 Å². The molecule has 0 saturated heterocycles. The lowest BCUT2D eigenvalue weighted by Gasteiger charge is -2.18. The number of ether oxygens (including phenoxy) is 3. The van der Waals surface area contributed by atoms with Gasteiger partial charge < -0.3 is 14.2 Å². The van der Waals surface area contributed by atoms with Crippen LogP contribution >= 0.6 is 0 Å². The van der Waals surface area contributed by atoms with Crippen LogP contribution < -0.4 is 0 Å². The lowest BCUT2D eigenvalue weighted by atomic mass is 10.1. The highest BCUT2D eigenvalue weighted by Gasteiger charge is 2.19. The SMILES string of the molecule is CC\C=C/C=C\C=C/CCCCCCCC(=O)OCC(COC(=O)CCCCCCC\C=C/C=C\C=C/CCCCCCC)OC(=O)CCCCCCC\C=C/C=C\C=C/CC. The largest absolute Gasteiger partial charge is 0.462 e. The number of carbonyl (C=O) groups is 3. The third-order valence-corrected chi connectivity index (χ3v) is 10.2. The Labute approximate surface area is 380 Å². The van der Waals surface area contributed by atoms with Crippen LogP contribution in [-0.2, 0) is 28.6 Å². The molecule has 0 spiro atoms. The van der Waals surface area contributed by atoms with Crippen LogP contribution in [0.1, 0.15) is 207 Å². The summed E-state index contributed by atoms with van der Waals surface area (Å²) in [6.07, 6.45) is 66.4. The first-order valence-corrected chi connectivity index (χ1v) is 25.0. The van der Waals surface area contributed by atoms with Gasteiger partial charge in [0.25, 0.3) is 0 Å². The van der Waals surface area contributed by atoms with Crippen molar-refractivity contribution in [2.45, 2.75) is 213 Å². The van der Waals surface area contributed by atoms with Crippen LogP contribution in [0.3, 0.4) is 0 Å². The predicted octanol–water partition coefficient (Wildman–Crippen LogP) is 16.4. The zero-order valence-corrected chi connectivity index (χ0v) is 39.8. The summed E-state index contributed by atoms with van der Waals surface area (Å²) in [6, 6.07) is 0. The van der Waals surface area contributed by atoms with Gasteiger partial charge in [-0.3, -0.25) is 14.4 Å². The minimum absolute atomic E-state index is 0.106. The normalized spacial score (nSPS) is 13.0. The molecule has 1 atom stereocenters. The van der Waals surface area contributed by atoms with E-state index < -0.39 is 6.10 Å². The van der Waals surface area contributed by atoms with Crippen LogP contribution in [0, 0.1) is 0 Å². The number of rotatable bonds is 43. The van der Waals surface area contributed by atoms with E-state index in [9.17, 15) is 14.4 Å². The number of unbranched alkanes of at least 4 members (excludes halogenated alkanes) is 20. The first-order valence-electron chi connectivity index (χ1n) is 25.0. The second kappa shape index (κ2) is 49.7. The van der Waals surface area contributed by atoms with Gasteiger partial charge in [0.05, 0.1) is 0 Å². The van der Waals surface area contributed by atoms with Crippen LogP contribution in [0.15, 0.2) is 109 Å². The van der Waals surface area contributed by atoms with E-state index in [2.05, 4.69) is 124 Å². The van der Waals surface area contributed by atoms with E-state index in [0.717, 1.165) is 135 Å². The van der Waals surface area contributed by atoms with E-state index in [1.165, 1.54) is 32.1 Å². The first-order chi connectivity index (χ1) is 30.5. The van der Waals surface area contributed by atoms with Gasteiger partial charge in [0.1, 0.15) is 13.2 Å². The monoisotopic (exact) mass is 859 g/mol. The molecule has 6 nitrogen and oxygen atoms in total. The molecule has 6 heteroatoms. The van der Waals surface area contributed by atoms with Crippen LogP contribution in [0.25, 0.3) is 0 Å². The maximum atomic E-state index is 12.8. The molecule has 0 radical (unpaired) electrons. The Morgan fingerprint density at radius 3 is 0.968 bits per heavy atom. The molecule has 1 unspecified atom stereocenters. The van der Waals surface area contributed by atoms with E-state index in [0.29, 0.717) is 19.3 Å². The summed E-state index contributed by atoms with van der Waals surface area (Å²) in [7, 11) is 0. The van der Waals surface area contributed by atoms with Crippen molar-refractivity contribution in [3.63, 3.8) is 0 Å². The molecular weight excluding hydrogens is 769 g/mol. The van der Waals surface area contributed by atoms with Gasteiger partial charge in [-0.15, -0.1) is 0 Å². The minimum Gasteiger partial charge on any atom is -0.462 e. The number of hydrogen-bond acceptors (Lipinski definition) is 6. The molecule has 0 aliphatic carbocycles. The van der Waals surface area contributed by atoms with E-state index in [1.807, 2.05) is 6.08 Å². The lowest BCUT2D eigenvalue weighted by molar-refractivity contribution is -0.167. The van der Waals surface area contributed by atoms with Crippen molar-refractivity contribution in [3.8, 4) is 0 Å². The predicted molar refractivity (Wildman–Crippen MR) is 265 cm³/mol. The highest BCUT2D eigenvalue weighted by Crippen LogP contribution is 2.13. The van der Waals surface area contributed by atoms with Crippen LogP contribution in [0.5, 0.6) is 0 Å². The summed E-state index contributed by atoms with van der Waals surface area (Å²) in [6.45, 7) is 6.28. The molecule has 0 aromatic rings. The maximum absolute atomic E-state index is 12.8. The Balaban J connectivity index is 4.48. The molecule has 0 N–H and O–H groups in total. The zero-order valence-electron chi connectivity index (χ0n) is 39.8. The lowest BCUT2D eigenvalue weighted by Crippen LogP contribution is -2.30. The van der Waals surface area contributed by atoms with E-state index >= 15 is 0 Å². The van der Waals surface area contributed by atoms with Gasteiger partial charge in [0, 0.05) is 19.3 Å². The Hall–Kier alpha value is -3.93. The third kappa shape index (κ3) is 47.1. The van der Waals surface area contributed by atoms with Gasteiger partial charge in [-0.2, -0.15) is 0 Å². The van der Waals surface area contributed by atoms with Gasteiger partial charge >= 0.3 is 17.9 Å². The van der Waals surface area contributed by atoms with Crippen molar-refractivity contribution in [2.24, 2.45) is 0 Å². The van der Waals surface area contributed by atoms with Gasteiger partial charge in [-0.25, -0.2) is 0 Å². The molecule has 0 heterocycles. The summed E-state index contributed by atoms with van der Waals surface area (Å²) < 4.78 is 16.7. The average molecular weight is 859 g/mol. The highest BCUT2D eigenvalue weighted by molar-refractivity contribution is 5.71. The molecular formula is C56H90O6. The average Bonchev–Trinajstić information content (AvgIpc) is 3.27. The van der Waals surface area contributed by atoms with Crippen molar-refractivity contribution in [1.82, 2.24) is 0 Å². The van der Waals surface area contributed by atoms with Crippen molar-refractivity contribution in [2.75, 3.05) is 13.2 Å². The zero-order chi connectivity index (χ0) is 45.1. The summed E-state index contributed by atoms with van der Waals surface area (Å²) in [5, 5.41) is 0.